The van der Waals surface area contributed by atoms with Gasteiger partial charge in [-0.05, 0) is 55.1 Å². The predicted molar refractivity (Wildman–Crippen MR) is 132 cm³/mol. The van der Waals surface area contributed by atoms with E-state index >= 15 is 0 Å². The van der Waals surface area contributed by atoms with Crippen LogP contribution >= 0.6 is 11.8 Å². The molecule has 176 valence electrons. The van der Waals surface area contributed by atoms with Crippen LogP contribution in [0, 0.1) is 0 Å². The second-order valence-corrected chi connectivity index (χ2v) is 9.07. The fourth-order valence-corrected chi connectivity index (χ4v) is 4.19. The molecular weight excluding hydrogens is 436 g/mol. The lowest BCUT2D eigenvalue weighted by Crippen LogP contribution is -2.52. The summed E-state index contributed by atoms with van der Waals surface area (Å²) in [5.41, 5.74) is 1.08. The average Bonchev–Trinajstić information content (AvgIpc) is 2.83. The van der Waals surface area contributed by atoms with Gasteiger partial charge >= 0.3 is 6.03 Å². The number of nitrogens with zero attached hydrogens (tertiary/aromatic N) is 2. The maximum absolute atomic E-state index is 12.6. The molecule has 1 heterocycles. The first-order valence-corrected chi connectivity index (χ1v) is 12.0. The van der Waals surface area contributed by atoms with Crippen LogP contribution in [0.15, 0.2) is 71.0 Å². The summed E-state index contributed by atoms with van der Waals surface area (Å²) in [4.78, 5) is 29.9. The Morgan fingerprint density at radius 1 is 1.06 bits per heavy atom. The lowest BCUT2D eigenvalue weighted by molar-refractivity contribution is -0.120. The van der Waals surface area contributed by atoms with E-state index in [9.17, 15) is 14.7 Å². The van der Waals surface area contributed by atoms with Gasteiger partial charge in [-0.25, -0.2) is 4.79 Å². The zero-order valence-corrected chi connectivity index (χ0v) is 19.8. The Bertz CT molecular complexity index is 913. The van der Waals surface area contributed by atoms with Gasteiger partial charge in [0.2, 0.25) is 5.91 Å². The third-order valence-corrected chi connectivity index (χ3v) is 6.31. The number of phenolic OH excluding ortho intramolecular Hbond substituents is 1. The SMILES string of the molecule is CN1CCN(C(=O)NCC(=O)NC(/C=C/Sc2ccccc2)CCc2ccc(O)cc2)CC1. The predicted octanol–water partition coefficient (Wildman–Crippen LogP) is 3.07. The number of likely N-dealkylation sites (N-methyl/N-ethyl adjacent to an activating group) is 1. The fourth-order valence-electron chi connectivity index (χ4n) is 3.45. The minimum atomic E-state index is -0.220. The molecule has 0 saturated carbocycles. The van der Waals surface area contributed by atoms with Gasteiger partial charge in [0, 0.05) is 37.1 Å². The summed E-state index contributed by atoms with van der Waals surface area (Å²) in [6.07, 6.45) is 3.44. The quantitative estimate of drug-likeness (QED) is 0.493. The summed E-state index contributed by atoms with van der Waals surface area (Å²) in [5.74, 6) is 0.0152. The lowest BCUT2D eigenvalue weighted by Gasteiger charge is -2.32. The van der Waals surface area contributed by atoms with Crippen molar-refractivity contribution < 1.29 is 14.7 Å². The first kappa shape index (κ1) is 24.7. The largest absolute Gasteiger partial charge is 0.508 e. The minimum Gasteiger partial charge on any atom is -0.508 e. The van der Waals surface area contributed by atoms with Gasteiger partial charge in [-0.3, -0.25) is 4.79 Å². The van der Waals surface area contributed by atoms with Crippen molar-refractivity contribution in [2.75, 3.05) is 39.8 Å². The van der Waals surface area contributed by atoms with E-state index in [1.165, 1.54) is 0 Å². The molecule has 2 aromatic carbocycles. The molecule has 0 spiro atoms. The van der Waals surface area contributed by atoms with Crippen molar-refractivity contribution in [2.45, 2.75) is 23.8 Å². The van der Waals surface area contributed by atoms with Gasteiger partial charge in [0.1, 0.15) is 5.75 Å². The number of piperazine rings is 1. The van der Waals surface area contributed by atoms with Gasteiger partial charge in [-0.15, -0.1) is 0 Å². The van der Waals surface area contributed by atoms with E-state index in [0.717, 1.165) is 30.0 Å². The molecule has 33 heavy (non-hydrogen) atoms. The zero-order chi connectivity index (χ0) is 23.5. The molecule has 1 saturated heterocycles. The number of aromatic hydroxyl groups is 1. The maximum atomic E-state index is 12.6. The standard InChI is InChI=1S/C25H32N4O3S/c1-28-14-16-29(17-15-28)25(32)26-19-24(31)27-21(10-7-20-8-11-22(30)12-9-20)13-18-33-23-5-3-2-4-6-23/h2-6,8-9,11-13,18,21,30H,7,10,14-17,19H2,1H3,(H,26,32)(H,27,31)/b18-13+. The molecule has 0 radical (unpaired) electrons. The topological polar surface area (TPSA) is 84.9 Å². The Morgan fingerprint density at radius 3 is 2.45 bits per heavy atom. The molecule has 1 aliphatic rings. The van der Waals surface area contributed by atoms with Crippen LogP contribution in [-0.2, 0) is 11.2 Å². The van der Waals surface area contributed by atoms with Gasteiger partial charge in [-0.2, -0.15) is 0 Å². The Balaban J connectivity index is 1.52. The van der Waals surface area contributed by atoms with Crippen molar-refractivity contribution in [1.29, 1.82) is 0 Å². The van der Waals surface area contributed by atoms with Gasteiger partial charge in [0.15, 0.2) is 0 Å². The highest BCUT2D eigenvalue weighted by molar-refractivity contribution is 8.02. The molecule has 1 unspecified atom stereocenters. The fraction of sp³-hybridized carbons (Fsp3) is 0.360. The number of thioether (sulfide) groups is 1. The average molecular weight is 469 g/mol. The van der Waals surface area contributed by atoms with Crippen molar-refractivity contribution in [3.05, 3.63) is 71.6 Å². The van der Waals surface area contributed by atoms with Crippen molar-refractivity contribution in [3.63, 3.8) is 0 Å². The molecule has 1 aliphatic heterocycles. The van der Waals surface area contributed by atoms with Gasteiger partial charge in [0.25, 0.3) is 0 Å². The van der Waals surface area contributed by atoms with E-state index in [-0.39, 0.29) is 30.3 Å². The highest BCUT2D eigenvalue weighted by Gasteiger charge is 2.19. The number of urea groups is 1. The normalized spacial score (nSPS) is 15.4. The van der Waals surface area contributed by atoms with Crippen LogP contribution < -0.4 is 10.6 Å². The summed E-state index contributed by atoms with van der Waals surface area (Å²) in [6, 6.07) is 16.7. The van der Waals surface area contributed by atoms with Gasteiger partial charge in [0.05, 0.1) is 6.54 Å². The van der Waals surface area contributed by atoms with Gasteiger partial charge < -0.3 is 25.5 Å². The van der Waals surface area contributed by atoms with E-state index in [2.05, 4.69) is 15.5 Å². The van der Waals surface area contributed by atoms with E-state index in [0.29, 0.717) is 19.5 Å². The monoisotopic (exact) mass is 468 g/mol. The molecule has 3 amide bonds. The van der Waals surface area contributed by atoms with Crippen LogP contribution in [-0.4, -0.2) is 72.7 Å². The molecule has 0 aromatic heterocycles. The molecule has 3 rings (SSSR count). The Hall–Kier alpha value is -2.97. The Labute approximate surface area is 199 Å². The van der Waals surface area contributed by atoms with Crippen LogP contribution in [0.3, 0.4) is 0 Å². The number of hydrogen-bond donors (Lipinski definition) is 3. The Morgan fingerprint density at radius 2 is 1.76 bits per heavy atom. The van der Waals surface area contributed by atoms with Crippen molar-refractivity contribution in [1.82, 2.24) is 20.4 Å². The first-order valence-electron chi connectivity index (χ1n) is 11.2. The zero-order valence-electron chi connectivity index (χ0n) is 18.9. The lowest BCUT2D eigenvalue weighted by atomic mass is 10.0. The molecule has 3 N–H and O–H groups in total. The highest BCUT2D eigenvalue weighted by Crippen LogP contribution is 2.19. The first-order chi connectivity index (χ1) is 16.0. The third kappa shape index (κ3) is 8.82. The van der Waals surface area contributed by atoms with Crippen LogP contribution in [0.2, 0.25) is 0 Å². The number of nitrogens with one attached hydrogen (secondary N) is 2. The van der Waals surface area contributed by atoms with Crippen molar-refractivity contribution in [2.24, 2.45) is 0 Å². The van der Waals surface area contributed by atoms with E-state index in [1.54, 1.807) is 28.8 Å². The van der Waals surface area contributed by atoms with Crippen molar-refractivity contribution >= 4 is 23.7 Å². The summed E-state index contributed by atoms with van der Waals surface area (Å²) < 4.78 is 0. The number of rotatable bonds is 9. The van der Waals surface area contributed by atoms with Crippen LogP contribution in [0.5, 0.6) is 5.75 Å². The molecule has 8 heteroatoms. The Kier molecular flexibility index (Phi) is 9.65. The molecular formula is C25H32N4O3S. The second kappa shape index (κ2) is 12.9. The van der Waals surface area contributed by atoms with E-state index in [4.69, 9.17) is 0 Å². The number of phenols is 1. The molecule has 0 aliphatic carbocycles. The summed E-state index contributed by atoms with van der Waals surface area (Å²) >= 11 is 1.59. The molecule has 1 fully saturated rings. The van der Waals surface area contributed by atoms with Crippen LogP contribution in [0.4, 0.5) is 4.79 Å². The second-order valence-electron chi connectivity index (χ2n) is 8.09. The third-order valence-electron chi connectivity index (χ3n) is 5.48. The van der Waals surface area contributed by atoms with Crippen LogP contribution in [0.1, 0.15) is 12.0 Å². The van der Waals surface area contributed by atoms with Gasteiger partial charge in [-0.1, -0.05) is 48.2 Å². The minimum absolute atomic E-state index is 0.0550. The number of benzene rings is 2. The number of aryl methyl sites for hydroxylation is 1. The van der Waals surface area contributed by atoms with E-state index in [1.807, 2.05) is 61.0 Å². The summed E-state index contributed by atoms with van der Waals surface area (Å²) in [5, 5.41) is 17.2. The summed E-state index contributed by atoms with van der Waals surface area (Å²) in [6.45, 7) is 2.95. The van der Waals surface area contributed by atoms with Crippen LogP contribution in [0.25, 0.3) is 0 Å². The molecule has 0 bridgehead atoms. The maximum Gasteiger partial charge on any atom is 0.317 e. The van der Waals surface area contributed by atoms with E-state index < -0.39 is 0 Å². The molecule has 1 atom stereocenters. The van der Waals surface area contributed by atoms with Crippen molar-refractivity contribution in [3.8, 4) is 5.75 Å². The number of amides is 3. The summed E-state index contributed by atoms with van der Waals surface area (Å²) in [7, 11) is 2.03. The molecule has 7 nitrogen and oxygen atoms in total. The number of carbonyl (C=O) groups excluding carboxylic acids is 2. The number of carbonyl (C=O) groups is 2. The highest BCUT2D eigenvalue weighted by atomic mass is 32.2. The smallest absolute Gasteiger partial charge is 0.317 e. The number of hydrogen-bond acceptors (Lipinski definition) is 5. The molecule has 2 aromatic rings.